The summed E-state index contributed by atoms with van der Waals surface area (Å²) in [6.07, 6.45) is 3.54. The van der Waals surface area contributed by atoms with Crippen LogP contribution in [0.15, 0.2) is 0 Å². The highest BCUT2D eigenvalue weighted by Crippen LogP contribution is 2.51. The summed E-state index contributed by atoms with van der Waals surface area (Å²) in [5.41, 5.74) is 5.75. The number of carbonyl (C=O) groups excluding carboxylic acids is 1. The first-order chi connectivity index (χ1) is 6.69. The van der Waals surface area contributed by atoms with Gasteiger partial charge in [-0.15, -0.1) is 11.6 Å². The molecule has 1 spiro atoms. The molecule has 0 radical (unpaired) electrons. The number of alkyl halides is 1. The second-order valence-electron chi connectivity index (χ2n) is 4.70. The molecule has 1 saturated carbocycles. The maximum Gasteiger partial charge on any atom is 0.236 e. The van der Waals surface area contributed by atoms with E-state index in [2.05, 4.69) is 0 Å². The summed E-state index contributed by atoms with van der Waals surface area (Å²) in [4.78, 5) is 13.3. The van der Waals surface area contributed by atoms with Crippen LogP contribution < -0.4 is 5.73 Å². The lowest BCUT2D eigenvalue weighted by atomic mass is 9.62. The molecule has 2 aliphatic rings. The number of nitrogens with two attached hydrogens (primary N) is 1. The fourth-order valence-corrected chi connectivity index (χ4v) is 3.10. The average molecular weight is 217 g/mol. The van der Waals surface area contributed by atoms with Crippen LogP contribution in [0.4, 0.5) is 0 Å². The fraction of sp³-hybridized carbons (Fsp3) is 0.900. The van der Waals surface area contributed by atoms with Gasteiger partial charge in [-0.2, -0.15) is 0 Å². The number of amides is 1. The zero-order chi connectivity index (χ0) is 10.2. The highest BCUT2D eigenvalue weighted by atomic mass is 35.5. The van der Waals surface area contributed by atoms with Gasteiger partial charge in [-0.05, 0) is 30.6 Å². The van der Waals surface area contributed by atoms with Crippen LogP contribution in [-0.4, -0.2) is 36.3 Å². The molecular formula is C10H17ClN2O. The molecule has 80 valence electrons. The number of hydrogen-bond acceptors (Lipinski definition) is 2. The Hall–Kier alpha value is -0.280. The van der Waals surface area contributed by atoms with Crippen molar-refractivity contribution >= 4 is 17.5 Å². The molecule has 4 heteroatoms. The molecular weight excluding hydrogens is 200 g/mol. The van der Waals surface area contributed by atoms with Crippen LogP contribution in [0, 0.1) is 11.3 Å². The van der Waals surface area contributed by atoms with Crippen molar-refractivity contribution in [2.45, 2.75) is 19.3 Å². The van der Waals surface area contributed by atoms with Gasteiger partial charge in [0.05, 0.1) is 6.54 Å². The van der Waals surface area contributed by atoms with Gasteiger partial charge in [0.15, 0.2) is 0 Å². The van der Waals surface area contributed by atoms with Crippen molar-refractivity contribution in [3.05, 3.63) is 0 Å². The number of nitrogens with zero attached hydrogens (tertiary/aromatic N) is 1. The third kappa shape index (κ3) is 1.63. The van der Waals surface area contributed by atoms with Gasteiger partial charge in [0.2, 0.25) is 5.91 Å². The van der Waals surface area contributed by atoms with Gasteiger partial charge < -0.3 is 10.6 Å². The van der Waals surface area contributed by atoms with Gasteiger partial charge in [-0.1, -0.05) is 0 Å². The van der Waals surface area contributed by atoms with Crippen LogP contribution >= 0.6 is 11.6 Å². The Bertz CT molecular complexity index is 238. The van der Waals surface area contributed by atoms with Gasteiger partial charge in [0, 0.05) is 19.0 Å². The number of carbonyl (C=O) groups is 1. The Kier molecular flexibility index (Phi) is 2.71. The van der Waals surface area contributed by atoms with E-state index in [1.807, 2.05) is 4.90 Å². The normalized spacial score (nSPS) is 36.1. The summed E-state index contributed by atoms with van der Waals surface area (Å²) in [6.45, 7) is 1.95. The summed E-state index contributed by atoms with van der Waals surface area (Å²) >= 11 is 5.79. The predicted molar refractivity (Wildman–Crippen MR) is 56.1 cm³/mol. The van der Waals surface area contributed by atoms with E-state index >= 15 is 0 Å². The topological polar surface area (TPSA) is 46.3 Å². The summed E-state index contributed by atoms with van der Waals surface area (Å²) in [5, 5.41) is 0. The molecule has 3 nitrogen and oxygen atoms in total. The first-order valence-corrected chi connectivity index (χ1v) is 5.76. The van der Waals surface area contributed by atoms with E-state index in [1.165, 1.54) is 12.8 Å². The molecule has 0 aromatic heterocycles. The highest BCUT2D eigenvalue weighted by Gasteiger charge is 2.48. The minimum absolute atomic E-state index is 0.0937. The lowest BCUT2D eigenvalue weighted by Gasteiger charge is -2.44. The van der Waals surface area contributed by atoms with Crippen molar-refractivity contribution in [1.29, 1.82) is 0 Å². The predicted octanol–water partition coefficient (Wildman–Crippen LogP) is 0.813. The molecule has 2 N–H and O–H groups in total. The molecule has 0 aromatic rings. The Morgan fingerprint density at radius 2 is 2.29 bits per heavy atom. The number of hydrogen-bond donors (Lipinski definition) is 1. The van der Waals surface area contributed by atoms with E-state index in [0.29, 0.717) is 11.3 Å². The number of rotatable bonds is 2. The van der Waals surface area contributed by atoms with Crippen molar-refractivity contribution in [3.8, 4) is 0 Å². The molecule has 0 atom stereocenters. The van der Waals surface area contributed by atoms with E-state index in [9.17, 15) is 4.79 Å². The summed E-state index contributed by atoms with van der Waals surface area (Å²) < 4.78 is 0. The van der Waals surface area contributed by atoms with Crippen molar-refractivity contribution in [2.75, 3.05) is 25.5 Å². The van der Waals surface area contributed by atoms with Gasteiger partial charge in [0.25, 0.3) is 0 Å². The SMILES string of the molecule is NCC(=O)N1CCC2(CC(CCl)C2)C1. The molecule has 1 aliphatic carbocycles. The Labute approximate surface area is 89.6 Å². The zero-order valence-electron chi connectivity index (χ0n) is 8.34. The van der Waals surface area contributed by atoms with E-state index < -0.39 is 0 Å². The van der Waals surface area contributed by atoms with Crippen LogP contribution in [-0.2, 0) is 4.79 Å². The molecule has 0 unspecified atom stereocenters. The standard InChI is InChI=1S/C10H17ClN2O/c11-5-8-3-10(4-8)1-2-13(7-10)9(14)6-12/h8H,1-7,12H2. The molecule has 1 aliphatic heterocycles. The second-order valence-corrected chi connectivity index (χ2v) is 5.01. The Balaban J connectivity index is 1.87. The average Bonchev–Trinajstić information content (AvgIpc) is 2.58. The first kappa shape index (κ1) is 10.2. The van der Waals surface area contributed by atoms with Crippen molar-refractivity contribution in [1.82, 2.24) is 4.90 Å². The zero-order valence-corrected chi connectivity index (χ0v) is 9.09. The quantitative estimate of drug-likeness (QED) is 0.695. The fourth-order valence-electron chi connectivity index (χ4n) is 2.88. The minimum Gasteiger partial charge on any atom is -0.341 e. The third-order valence-corrected chi connectivity index (χ3v) is 4.06. The molecule has 1 saturated heterocycles. The minimum atomic E-state index is 0.0937. The van der Waals surface area contributed by atoms with Crippen LogP contribution in [0.3, 0.4) is 0 Å². The molecule has 2 fully saturated rings. The maximum atomic E-state index is 11.4. The van der Waals surface area contributed by atoms with Gasteiger partial charge >= 0.3 is 0 Å². The number of halogens is 1. The number of likely N-dealkylation sites (tertiary alicyclic amines) is 1. The van der Waals surface area contributed by atoms with Crippen molar-refractivity contribution in [3.63, 3.8) is 0 Å². The van der Waals surface area contributed by atoms with E-state index in [4.69, 9.17) is 17.3 Å². The first-order valence-electron chi connectivity index (χ1n) is 5.23. The highest BCUT2D eigenvalue weighted by molar-refractivity contribution is 6.18. The van der Waals surface area contributed by atoms with E-state index in [1.54, 1.807) is 0 Å². The lowest BCUT2D eigenvalue weighted by Crippen LogP contribution is -2.42. The molecule has 0 bridgehead atoms. The van der Waals surface area contributed by atoms with E-state index in [0.717, 1.165) is 25.4 Å². The van der Waals surface area contributed by atoms with Gasteiger partial charge in [-0.3, -0.25) is 4.79 Å². The lowest BCUT2D eigenvalue weighted by molar-refractivity contribution is -0.129. The Morgan fingerprint density at radius 3 is 2.86 bits per heavy atom. The monoisotopic (exact) mass is 216 g/mol. The maximum absolute atomic E-state index is 11.4. The largest absolute Gasteiger partial charge is 0.341 e. The van der Waals surface area contributed by atoms with Crippen LogP contribution in [0.2, 0.25) is 0 Å². The molecule has 0 aromatic carbocycles. The van der Waals surface area contributed by atoms with Gasteiger partial charge in [-0.25, -0.2) is 0 Å². The van der Waals surface area contributed by atoms with Crippen molar-refractivity contribution in [2.24, 2.45) is 17.1 Å². The van der Waals surface area contributed by atoms with Crippen LogP contribution in [0.1, 0.15) is 19.3 Å². The third-order valence-electron chi connectivity index (χ3n) is 3.63. The van der Waals surface area contributed by atoms with Gasteiger partial charge in [0.1, 0.15) is 0 Å². The molecule has 2 rings (SSSR count). The molecule has 1 amide bonds. The second kappa shape index (κ2) is 3.70. The molecule has 1 heterocycles. The Morgan fingerprint density at radius 1 is 1.57 bits per heavy atom. The summed E-state index contributed by atoms with van der Waals surface area (Å²) in [5.74, 6) is 1.55. The van der Waals surface area contributed by atoms with Crippen LogP contribution in [0.25, 0.3) is 0 Å². The molecule has 14 heavy (non-hydrogen) atoms. The smallest absolute Gasteiger partial charge is 0.236 e. The van der Waals surface area contributed by atoms with E-state index in [-0.39, 0.29) is 12.5 Å². The summed E-state index contributed by atoms with van der Waals surface area (Å²) in [7, 11) is 0. The summed E-state index contributed by atoms with van der Waals surface area (Å²) in [6, 6.07) is 0. The van der Waals surface area contributed by atoms with Crippen molar-refractivity contribution < 1.29 is 4.79 Å². The van der Waals surface area contributed by atoms with Crippen LogP contribution in [0.5, 0.6) is 0 Å².